The zero-order valence-electron chi connectivity index (χ0n) is 11.7. The third-order valence-electron chi connectivity index (χ3n) is 3.09. The van der Waals surface area contributed by atoms with Crippen LogP contribution in [0.2, 0.25) is 0 Å². The van der Waals surface area contributed by atoms with E-state index in [1.165, 1.54) is 29.7 Å². The van der Waals surface area contributed by atoms with Crippen LogP contribution < -0.4 is 10.2 Å². The molecule has 0 fully saturated rings. The van der Waals surface area contributed by atoms with E-state index >= 15 is 0 Å². The van der Waals surface area contributed by atoms with Gasteiger partial charge in [0.15, 0.2) is 0 Å². The van der Waals surface area contributed by atoms with Crippen molar-refractivity contribution in [2.75, 3.05) is 31.6 Å². The molecule has 0 unspecified atom stereocenters. The van der Waals surface area contributed by atoms with Gasteiger partial charge in [0.1, 0.15) is 0 Å². The molecule has 1 aromatic carbocycles. The van der Waals surface area contributed by atoms with E-state index in [0.717, 1.165) is 19.6 Å². The van der Waals surface area contributed by atoms with Crippen LogP contribution in [0.5, 0.6) is 0 Å². The topological polar surface area (TPSA) is 15.3 Å². The minimum atomic E-state index is 1.06. The summed E-state index contributed by atoms with van der Waals surface area (Å²) < 4.78 is 0. The van der Waals surface area contributed by atoms with Crippen LogP contribution in [-0.2, 0) is 0 Å². The molecular weight excluding hydrogens is 208 g/mol. The molecule has 1 aromatic rings. The second-order valence-electron chi connectivity index (χ2n) is 4.82. The summed E-state index contributed by atoms with van der Waals surface area (Å²) in [4.78, 5) is 2.33. The van der Waals surface area contributed by atoms with Gasteiger partial charge in [0, 0.05) is 25.8 Å². The van der Waals surface area contributed by atoms with Gasteiger partial charge < -0.3 is 10.2 Å². The van der Waals surface area contributed by atoms with Gasteiger partial charge in [0.25, 0.3) is 0 Å². The Morgan fingerprint density at radius 1 is 1.18 bits per heavy atom. The molecule has 0 aliphatic heterocycles. The van der Waals surface area contributed by atoms with Crippen molar-refractivity contribution in [3.8, 4) is 0 Å². The summed E-state index contributed by atoms with van der Waals surface area (Å²) >= 11 is 0. The van der Waals surface area contributed by atoms with Gasteiger partial charge in [-0.2, -0.15) is 0 Å². The molecule has 0 aromatic heterocycles. The molecule has 0 radical (unpaired) electrons. The highest BCUT2D eigenvalue weighted by Gasteiger charge is 2.03. The van der Waals surface area contributed by atoms with Crippen LogP contribution in [0, 0.1) is 13.8 Å². The summed E-state index contributed by atoms with van der Waals surface area (Å²) in [6.07, 6.45) is 2.53. The van der Waals surface area contributed by atoms with E-state index in [4.69, 9.17) is 0 Å². The number of anilines is 1. The molecule has 0 saturated heterocycles. The van der Waals surface area contributed by atoms with Crippen LogP contribution in [0.4, 0.5) is 5.69 Å². The standard InChI is InChI=1S/C15H26N2/c1-5-6-9-16-10-11-17(4)15-8-7-13(2)12-14(15)3/h7-8,12,16H,5-6,9-11H2,1-4H3. The zero-order chi connectivity index (χ0) is 12.7. The van der Waals surface area contributed by atoms with E-state index in [0.29, 0.717) is 0 Å². The van der Waals surface area contributed by atoms with Crippen molar-refractivity contribution < 1.29 is 0 Å². The van der Waals surface area contributed by atoms with Crippen LogP contribution in [0.15, 0.2) is 18.2 Å². The summed E-state index contributed by atoms with van der Waals surface area (Å²) in [5, 5.41) is 3.48. The SMILES string of the molecule is CCCCNCCN(C)c1ccc(C)cc1C. The molecule has 0 bridgehead atoms. The number of likely N-dealkylation sites (N-methyl/N-ethyl adjacent to an activating group) is 1. The van der Waals surface area contributed by atoms with Gasteiger partial charge in [0.2, 0.25) is 0 Å². The molecular formula is C15H26N2. The second-order valence-corrected chi connectivity index (χ2v) is 4.82. The number of nitrogens with one attached hydrogen (secondary N) is 1. The largest absolute Gasteiger partial charge is 0.373 e. The Labute approximate surface area is 106 Å². The first-order chi connectivity index (χ1) is 8.15. The summed E-state index contributed by atoms with van der Waals surface area (Å²) in [6, 6.07) is 6.65. The minimum Gasteiger partial charge on any atom is -0.373 e. The average molecular weight is 234 g/mol. The van der Waals surface area contributed by atoms with Crippen molar-refractivity contribution in [1.82, 2.24) is 5.32 Å². The predicted octanol–water partition coefficient (Wildman–Crippen LogP) is 3.13. The number of unbranched alkanes of at least 4 members (excludes halogenated alkanes) is 1. The molecule has 1 rings (SSSR count). The molecule has 0 amide bonds. The Kier molecular flexibility index (Phi) is 6.06. The quantitative estimate of drug-likeness (QED) is 0.729. The Morgan fingerprint density at radius 2 is 1.94 bits per heavy atom. The lowest BCUT2D eigenvalue weighted by Gasteiger charge is -2.22. The smallest absolute Gasteiger partial charge is 0.0393 e. The summed E-state index contributed by atoms with van der Waals surface area (Å²) in [6.45, 7) is 9.81. The fourth-order valence-electron chi connectivity index (χ4n) is 2.03. The van der Waals surface area contributed by atoms with E-state index in [2.05, 4.69) is 56.2 Å². The van der Waals surface area contributed by atoms with Crippen LogP contribution >= 0.6 is 0 Å². The van der Waals surface area contributed by atoms with Gasteiger partial charge in [0.05, 0.1) is 0 Å². The molecule has 2 heteroatoms. The van der Waals surface area contributed by atoms with E-state index in [1.54, 1.807) is 0 Å². The maximum atomic E-state index is 3.48. The lowest BCUT2D eigenvalue weighted by molar-refractivity contribution is 0.637. The number of benzene rings is 1. The molecule has 0 heterocycles. The fourth-order valence-corrected chi connectivity index (χ4v) is 2.03. The monoisotopic (exact) mass is 234 g/mol. The van der Waals surface area contributed by atoms with Crippen molar-refractivity contribution in [1.29, 1.82) is 0 Å². The van der Waals surface area contributed by atoms with E-state index in [-0.39, 0.29) is 0 Å². The molecule has 1 N–H and O–H groups in total. The van der Waals surface area contributed by atoms with Crippen LogP contribution in [-0.4, -0.2) is 26.7 Å². The normalized spacial score (nSPS) is 10.6. The third-order valence-corrected chi connectivity index (χ3v) is 3.09. The molecule has 0 aliphatic rings. The minimum absolute atomic E-state index is 1.06. The first kappa shape index (κ1) is 14.0. The first-order valence-corrected chi connectivity index (χ1v) is 6.64. The molecule has 0 spiro atoms. The van der Waals surface area contributed by atoms with Gasteiger partial charge in [-0.3, -0.25) is 0 Å². The number of aryl methyl sites for hydroxylation is 2. The number of hydrogen-bond donors (Lipinski definition) is 1. The summed E-state index contributed by atoms with van der Waals surface area (Å²) in [7, 11) is 2.17. The highest BCUT2D eigenvalue weighted by atomic mass is 15.1. The summed E-state index contributed by atoms with van der Waals surface area (Å²) in [5.74, 6) is 0. The number of nitrogens with zero attached hydrogens (tertiary/aromatic N) is 1. The first-order valence-electron chi connectivity index (χ1n) is 6.64. The highest BCUT2D eigenvalue weighted by Crippen LogP contribution is 2.19. The van der Waals surface area contributed by atoms with E-state index < -0.39 is 0 Å². The Morgan fingerprint density at radius 3 is 2.59 bits per heavy atom. The Bertz CT molecular complexity index is 334. The van der Waals surface area contributed by atoms with Gasteiger partial charge in [-0.15, -0.1) is 0 Å². The van der Waals surface area contributed by atoms with Crippen LogP contribution in [0.25, 0.3) is 0 Å². The fraction of sp³-hybridized carbons (Fsp3) is 0.600. The maximum absolute atomic E-state index is 3.48. The lowest BCUT2D eigenvalue weighted by atomic mass is 10.1. The van der Waals surface area contributed by atoms with Crippen molar-refractivity contribution in [2.45, 2.75) is 33.6 Å². The van der Waals surface area contributed by atoms with Crippen molar-refractivity contribution in [3.63, 3.8) is 0 Å². The van der Waals surface area contributed by atoms with Crippen molar-refractivity contribution in [2.24, 2.45) is 0 Å². The van der Waals surface area contributed by atoms with E-state index in [9.17, 15) is 0 Å². The third kappa shape index (κ3) is 4.78. The average Bonchev–Trinajstić information content (AvgIpc) is 2.28. The zero-order valence-corrected chi connectivity index (χ0v) is 11.7. The number of rotatable bonds is 7. The Balaban J connectivity index is 2.38. The van der Waals surface area contributed by atoms with Crippen molar-refractivity contribution in [3.05, 3.63) is 29.3 Å². The molecule has 0 saturated carbocycles. The molecule has 17 heavy (non-hydrogen) atoms. The highest BCUT2D eigenvalue weighted by molar-refractivity contribution is 5.53. The van der Waals surface area contributed by atoms with Gasteiger partial charge >= 0.3 is 0 Å². The molecule has 2 nitrogen and oxygen atoms in total. The van der Waals surface area contributed by atoms with Crippen LogP contribution in [0.1, 0.15) is 30.9 Å². The maximum Gasteiger partial charge on any atom is 0.0393 e. The molecule has 0 atom stereocenters. The van der Waals surface area contributed by atoms with Gasteiger partial charge in [-0.1, -0.05) is 31.0 Å². The van der Waals surface area contributed by atoms with Crippen LogP contribution in [0.3, 0.4) is 0 Å². The number of hydrogen-bond acceptors (Lipinski definition) is 2. The second kappa shape index (κ2) is 7.33. The van der Waals surface area contributed by atoms with Crippen molar-refractivity contribution >= 4 is 5.69 Å². The van der Waals surface area contributed by atoms with E-state index in [1.807, 2.05) is 0 Å². The molecule has 96 valence electrons. The Hall–Kier alpha value is -1.02. The van der Waals surface area contributed by atoms with Gasteiger partial charge in [-0.25, -0.2) is 0 Å². The molecule has 0 aliphatic carbocycles. The van der Waals surface area contributed by atoms with Gasteiger partial charge in [-0.05, 0) is 38.4 Å². The summed E-state index contributed by atoms with van der Waals surface area (Å²) in [5.41, 5.74) is 4.04. The lowest BCUT2D eigenvalue weighted by Crippen LogP contribution is -2.30. The predicted molar refractivity (Wildman–Crippen MR) is 77.0 cm³/mol.